The summed E-state index contributed by atoms with van der Waals surface area (Å²) >= 11 is 0. The monoisotopic (exact) mass is 345 g/mol. The summed E-state index contributed by atoms with van der Waals surface area (Å²) in [5.41, 5.74) is 0.476. The smallest absolute Gasteiger partial charge is 0.418 e. The Morgan fingerprint density at radius 3 is 2.60 bits per heavy atom. The van der Waals surface area contributed by atoms with Crippen LogP contribution in [0.1, 0.15) is 11.1 Å². The van der Waals surface area contributed by atoms with Crippen LogP contribution in [0.25, 0.3) is 6.08 Å². The molecule has 2 aromatic carbocycles. The van der Waals surface area contributed by atoms with E-state index >= 15 is 0 Å². The van der Waals surface area contributed by atoms with Crippen molar-refractivity contribution in [2.24, 2.45) is 0 Å². The molecule has 0 saturated carbocycles. The summed E-state index contributed by atoms with van der Waals surface area (Å²) in [5.74, 6) is 0.111. The Morgan fingerprint density at radius 2 is 1.80 bits per heavy atom. The molecule has 6 heteroatoms. The third kappa shape index (κ3) is 4.09. The molecule has 1 heterocycles. The largest absolute Gasteiger partial charge is 0.488 e. The number of anilines is 1. The summed E-state index contributed by atoms with van der Waals surface area (Å²) in [5, 5.41) is 2.26. The molecular weight excluding hydrogens is 331 g/mol. The zero-order valence-corrected chi connectivity index (χ0v) is 13.0. The molecule has 25 heavy (non-hydrogen) atoms. The Morgan fingerprint density at radius 1 is 1.08 bits per heavy atom. The molecule has 3 nitrogen and oxygen atoms in total. The summed E-state index contributed by atoms with van der Waals surface area (Å²) < 4.78 is 44.3. The summed E-state index contributed by atoms with van der Waals surface area (Å²) in [6.45, 7) is 0.292. The molecule has 1 N–H and O–H groups in total. The highest BCUT2D eigenvalue weighted by Gasteiger charge is 2.33. The molecule has 0 fully saturated rings. The van der Waals surface area contributed by atoms with Gasteiger partial charge in [0.25, 0.3) is 0 Å². The Balaban J connectivity index is 1.72. The van der Waals surface area contributed by atoms with E-state index in [0.29, 0.717) is 6.61 Å². The van der Waals surface area contributed by atoms with Crippen LogP contribution in [0.4, 0.5) is 18.9 Å². The normalized spacial score (nSPS) is 13.8. The van der Waals surface area contributed by atoms with E-state index < -0.39 is 17.6 Å². The summed E-state index contributed by atoms with van der Waals surface area (Å²) in [6, 6.07) is 12.3. The minimum atomic E-state index is -4.53. The van der Waals surface area contributed by atoms with Crippen molar-refractivity contribution in [2.75, 3.05) is 11.9 Å². The number of para-hydroxylation sites is 2. The van der Waals surface area contributed by atoms with E-state index in [1.54, 1.807) is 0 Å². The van der Waals surface area contributed by atoms with Crippen molar-refractivity contribution in [1.29, 1.82) is 0 Å². The van der Waals surface area contributed by atoms with Crippen LogP contribution in [0.3, 0.4) is 0 Å². The molecule has 0 aliphatic carbocycles. The minimum absolute atomic E-state index is 0.274. The lowest BCUT2D eigenvalue weighted by atomic mass is 10.1. The predicted octanol–water partition coefficient (Wildman–Crippen LogP) is 4.68. The topological polar surface area (TPSA) is 38.3 Å². The maximum atomic E-state index is 12.9. The molecule has 0 radical (unpaired) electrons. The number of amides is 1. The number of alkyl halides is 3. The average molecular weight is 345 g/mol. The molecule has 0 bridgehead atoms. The van der Waals surface area contributed by atoms with Gasteiger partial charge in [-0.1, -0.05) is 36.4 Å². The minimum Gasteiger partial charge on any atom is -0.488 e. The lowest BCUT2D eigenvalue weighted by Gasteiger charge is -2.15. The molecule has 0 unspecified atom stereocenters. The third-order valence-electron chi connectivity index (χ3n) is 3.59. The molecule has 0 aromatic heterocycles. The van der Waals surface area contributed by atoms with Gasteiger partial charge in [-0.2, -0.15) is 13.2 Å². The lowest BCUT2D eigenvalue weighted by molar-refractivity contribution is -0.136. The van der Waals surface area contributed by atoms with Gasteiger partial charge in [-0.3, -0.25) is 4.79 Å². The van der Waals surface area contributed by atoms with Crippen LogP contribution in [0, 0.1) is 0 Å². The van der Waals surface area contributed by atoms with Crippen molar-refractivity contribution in [2.45, 2.75) is 6.18 Å². The van der Waals surface area contributed by atoms with E-state index in [9.17, 15) is 18.0 Å². The number of carbonyl (C=O) groups is 1. The second-order valence-electron chi connectivity index (χ2n) is 5.41. The molecule has 1 amide bonds. The average Bonchev–Trinajstić information content (AvgIpc) is 2.59. The summed E-state index contributed by atoms with van der Waals surface area (Å²) in [4.78, 5) is 11.9. The first-order chi connectivity index (χ1) is 11.9. The van der Waals surface area contributed by atoms with Crippen LogP contribution in [-0.2, 0) is 11.0 Å². The maximum absolute atomic E-state index is 12.9. The van der Waals surface area contributed by atoms with Crippen LogP contribution in [-0.4, -0.2) is 12.5 Å². The van der Waals surface area contributed by atoms with E-state index in [0.717, 1.165) is 23.0 Å². The Labute approximate surface area is 142 Å². The van der Waals surface area contributed by atoms with Gasteiger partial charge in [-0.25, -0.2) is 0 Å². The Hall–Kier alpha value is -3.02. The maximum Gasteiger partial charge on any atom is 0.418 e. The van der Waals surface area contributed by atoms with Gasteiger partial charge in [-0.05, 0) is 29.8 Å². The number of ether oxygens (including phenoxy) is 1. The van der Waals surface area contributed by atoms with Gasteiger partial charge < -0.3 is 10.1 Å². The van der Waals surface area contributed by atoms with Crippen molar-refractivity contribution in [3.8, 4) is 5.75 Å². The van der Waals surface area contributed by atoms with E-state index in [-0.39, 0.29) is 5.69 Å². The van der Waals surface area contributed by atoms with Gasteiger partial charge in [-0.15, -0.1) is 0 Å². The standard InChI is InChI=1S/C19H14F3NO2/c20-19(21,22)15-6-2-3-7-16(15)23-18(24)10-9-13-11-14-5-1-4-8-17(14)25-12-13/h1-11H,12H2,(H,23,24)/b10-9+. The highest BCUT2D eigenvalue weighted by molar-refractivity contribution is 6.00. The third-order valence-corrected chi connectivity index (χ3v) is 3.59. The fourth-order valence-electron chi connectivity index (χ4n) is 2.43. The summed E-state index contributed by atoms with van der Waals surface area (Å²) in [6.07, 6.45) is 0.0566. The molecule has 0 spiro atoms. The van der Waals surface area contributed by atoms with E-state index in [4.69, 9.17) is 4.74 Å². The first kappa shape index (κ1) is 16.8. The second kappa shape index (κ2) is 6.84. The quantitative estimate of drug-likeness (QED) is 0.821. The van der Waals surface area contributed by atoms with Crippen LogP contribution in [0.2, 0.25) is 0 Å². The zero-order valence-electron chi connectivity index (χ0n) is 13.0. The van der Waals surface area contributed by atoms with Gasteiger partial charge >= 0.3 is 6.18 Å². The zero-order chi connectivity index (χ0) is 17.9. The molecule has 128 valence electrons. The van der Waals surface area contributed by atoms with E-state index in [1.807, 2.05) is 30.3 Å². The van der Waals surface area contributed by atoms with Crippen molar-refractivity contribution in [3.63, 3.8) is 0 Å². The number of hydrogen-bond donors (Lipinski definition) is 1. The highest BCUT2D eigenvalue weighted by atomic mass is 19.4. The fraction of sp³-hybridized carbons (Fsp3) is 0.105. The van der Waals surface area contributed by atoms with Crippen molar-refractivity contribution >= 4 is 17.7 Å². The van der Waals surface area contributed by atoms with Crippen molar-refractivity contribution in [1.82, 2.24) is 0 Å². The van der Waals surface area contributed by atoms with E-state index in [2.05, 4.69) is 5.32 Å². The summed E-state index contributed by atoms with van der Waals surface area (Å²) in [7, 11) is 0. The van der Waals surface area contributed by atoms with Crippen molar-refractivity contribution < 1.29 is 22.7 Å². The first-order valence-electron chi connectivity index (χ1n) is 7.51. The van der Waals surface area contributed by atoms with E-state index in [1.165, 1.54) is 30.4 Å². The lowest BCUT2D eigenvalue weighted by Crippen LogP contribution is -2.14. The molecule has 0 atom stereocenters. The van der Waals surface area contributed by atoms with Crippen LogP contribution >= 0.6 is 0 Å². The van der Waals surface area contributed by atoms with Crippen LogP contribution in [0.15, 0.2) is 66.3 Å². The van der Waals surface area contributed by atoms with Gasteiger partial charge in [0.15, 0.2) is 0 Å². The molecule has 1 aliphatic rings. The second-order valence-corrected chi connectivity index (χ2v) is 5.41. The SMILES string of the molecule is O=C(/C=C/C1=Cc2ccccc2OC1)Nc1ccccc1C(F)(F)F. The molecular formula is C19H14F3NO2. The van der Waals surface area contributed by atoms with Gasteiger partial charge in [0.1, 0.15) is 12.4 Å². The van der Waals surface area contributed by atoms with Crippen molar-refractivity contribution in [3.05, 3.63) is 77.4 Å². The molecule has 1 aliphatic heterocycles. The van der Waals surface area contributed by atoms with Gasteiger partial charge in [0, 0.05) is 11.6 Å². The fourth-order valence-corrected chi connectivity index (χ4v) is 2.43. The number of carbonyl (C=O) groups excluding carboxylic acids is 1. The van der Waals surface area contributed by atoms with Crippen LogP contribution in [0.5, 0.6) is 5.75 Å². The number of nitrogens with one attached hydrogen (secondary N) is 1. The molecule has 2 aromatic rings. The molecule has 3 rings (SSSR count). The number of halogens is 3. The molecule has 0 saturated heterocycles. The number of fused-ring (bicyclic) bond motifs is 1. The Bertz CT molecular complexity index is 854. The number of rotatable bonds is 3. The van der Waals surface area contributed by atoms with Crippen LogP contribution < -0.4 is 10.1 Å². The Kier molecular flexibility index (Phi) is 4.61. The highest BCUT2D eigenvalue weighted by Crippen LogP contribution is 2.34. The van der Waals surface area contributed by atoms with Gasteiger partial charge in [0.05, 0.1) is 11.3 Å². The number of benzene rings is 2. The number of hydrogen-bond acceptors (Lipinski definition) is 2. The predicted molar refractivity (Wildman–Crippen MR) is 89.1 cm³/mol. The van der Waals surface area contributed by atoms with Gasteiger partial charge in [0.2, 0.25) is 5.91 Å². The first-order valence-corrected chi connectivity index (χ1v) is 7.51.